The monoisotopic (exact) mass is 254 g/mol. The lowest BCUT2D eigenvalue weighted by Gasteiger charge is -2.21. The van der Waals surface area contributed by atoms with Gasteiger partial charge in [0.25, 0.3) is 0 Å². The summed E-state index contributed by atoms with van der Waals surface area (Å²) < 4.78 is 0. The first kappa shape index (κ1) is 14.4. The predicted molar refractivity (Wildman–Crippen MR) is 75.4 cm³/mol. The lowest BCUT2D eigenvalue weighted by atomic mass is 10.3. The van der Waals surface area contributed by atoms with Gasteiger partial charge < -0.3 is 15.7 Å². The largest absolute Gasteiger partial charge is 0.399 e. The van der Waals surface area contributed by atoms with Gasteiger partial charge in [-0.25, -0.2) is 0 Å². The van der Waals surface area contributed by atoms with E-state index in [2.05, 4.69) is 18.7 Å². The first-order valence-corrected chi connectivity index (χ1v) is 7.03. The van der Waals surface area contributed by atoms with Crippen LogP contribution in [0.4, 0.5) is 5.69 Å². The number of hydrogen-bond acceptors (Lipinski definition) is 4. The maximum Gasteiger partial charge on any atom is 0.0760 e. The second-order valence-electron chi connectivity index (χ2n) is 4.02. The SMILES string of the molecule is CCN(CC)C[C@@H](O)CSc1ccc(N)cc1. The smallest absolute Gasteiger partial charge is 0.0760 e. The molecule has 0 aromatic heterocycles. The third kappa shape index (κ3) is 5.44. The highest BCUT2D eigenvalue weighted by molar-refractivity contribution is 7.99. The van der Waals surface area contributed by atoms with Crippen molar-refractivity contribution in [1.29, 1.82) is 0 Å². The number of likely N-dealkylation sites (N-methyl/N-ethyl adjacent to an activating group) is 1. The van der Waals surface area contributed by atoms with Crippen molar-refractivity contribution in [2.45, 2.75) is 24.8 Å². The van der Waals surface area contributed by atoms with Crippen molar-refractivity contribution in [3.8, 4) is 0 Å². The Balaban J connectivity index is 2.32. The van der Waals surface area contributed by atoms with E-state index in [1.807, 2.05) is 24.3 Å². The molecule has 0 amide bonds. The topological polar surface area (TPSA) is 49.5 Å². The molecule has 0 unspecified atom stereocenters. The Labute approximate surface area is 108 Å². The van der Waals surface area contributed by atoms with Crippen molar-refractivity contribution in [1.82, 2.24) is 4.90 Å². The van der Waals surface area contributed by atoms with Crippen molar-refractivity contribution >= 4 is 17.4 Å². The van der Waals surface area contributed by atoms with Gasteiger partial charge in [0.1, 0.15) is 0 Å². The standard InChI is InChI=1S/C13H22N2OS/c1-3-15(4-2)9-12(16)10-17-13-7-5-11(14)6-8-13/h5-8,12,16H,3-4,9-10,14H2,1-2H3/t12-/m1/s1. The van der Waals surface area contributed by atoms with Crippen molar-refractivity contribution < 1.29 is 5.11 Å². The molecule has 0 aliphatic rings. The zero-order valence-corrected chi connectivity index (χ0v) is 11.4. The Morgan fingerprint density at radius 3 is 2.35 bits per heavy atom. The molecule has 0 bridgehead atoms. The molecular formula is C13H22N2OS. The first-order chi connectivity index (χ1) is 8.15. The molecule has 0 aliphatic carbocycles. The fourth-order valence-electron chi connectivity index (χ4n) is 1.59. The van der Waals surface area contributed by atoms with Gasteiger partial charge in [0.2, 0.25) is 0 Å². The number of thioether (sulfide) groups is 1. The molecule has 96 valence electrons. The van der Waals surface area contributed by atoms with Gasteiger partial charge in [-0.05, 0) is 37.4 Å². The average Bonchev–Trinajstić information content (AvgIpc) is 2.35. The van der Waals surface area contributed by atoms with Crippen molar-refractivity contribution in [2.75, 3.05) is 31.1 Å². The molecule has 17 heavy (non-hydrogen) atoms. The van der Waals surface area contributed by atoms with Crippen LogP contribution in [0.15, 0.2) is 29.2 Å². The fourth-order valence-corrected chi connectivity index (χ4v) is 2.41. The number of benzene rings is 1. The maximum absolute atomic E-state index is 9.91. The van der Waals surface area contributed by atoms with Crippen molar-refractivity contribution in [3.63, 3.8) is 0 Å². The summed E-state index contributed by atoms with van der Waals surface area (Å²) in [5, 5.41) is 9.91. The third-order valence-electron chi connectivity index (χ3n) is 2.69. The predicted octanol–water partition coefficient (Wildman–Crippen LogP) is 2.06. The highest BCUT2D eigenvalue weighted by atomic mass is 32.2. The van der Waals surface area contributed by atoms with Gasteiger partial charge in [0.05, 0.1) is 6.10 Å². The Morgan fingerprint density at radius 1 is 1.24 bits per heavy atom. The first-order valence-electron chi connectivity index (χ1n) is 6.04. The molecule has 3 N–H and O–H groups in total. The Kier molecular flexibility index (Phi) is 6.40. The second-order valence-corrected chi connectivity index (χ2v) is 5.11. The van der Waals surface area contributed by atoms with Crippen LogP contribution in [0, 0.1) is 0 Å². The molecule has 0 saturated carbocycles. The van der Waals surface area contributed by atoms with Crippen LogP contribution < -0.4 is 5.73 Å². The molecule has 0 heterocycles. The Hall–Kier alpha value is -0.710. The summed E-state index contributed by atoms with van der Waals surface area (Å²) in [6.07, 6.45) is -0.280. The lowest BCUT2D eigenvalue weighted by molar-refractivity contribution is 0.137. The number of nitrogen functional groups attached to an aromatic ring is 1. The number of nitrogens with two attached hydrogens (primary N) is 1. The van der Waals surface area contributed by atoms with Gasteiger partial charge in [0.15, 0.2) is 0 Å². The van der Waals surface area contributed by atoms with Crippen LogP contribution in [0.25, 0.3) is 0 Å². The van der Waals surface area contributed by atoms with Crippen LogP contribution in [0.1, 0.15) is 13.8 Å². The second kappa shape index (κ2) is 7.58. The summed E-state index contributed by atoms with van der Waals surface area (Å²) in [6, 6.07) is 7.76. The van der Waals surface area contributed by atoms with E-state index < -0.39 is 0 Å². The quantitative estimate of drug-likeness (QED) is 0.578. The zero-order chi connectivity index (χ0) is 12.7. The molecule has 1 rings (SSSR count). The molecule has 0 spiro atoms. The minimum absolute atomic E-state index is 0.280. The third-order valence-corrected chi connectivity index (χ3v) is 3.84. The normalized spacial score (nSPS) is 12.9. The van der Waals surface area contributed by atoms with E-state index in [0.29, 0.717) is 0 Å². The highest BCUT2D eigenvalue weighted by Gasteiger charge is 2.09. The van der Waals surface area contributed by atoms with Gasteiger partial charge >= 0.3 is 0 Å². The van der Waals surface area contributed by atoms with E-state index in [4.69, 9.17) is 5.73 Å². The molecule has 1 aromatic rings. The van der Waals surface area contributed by atoms with Crippen LogP contribution in [-0.4, -0.2) is 41.5 Å². The maximum atomic E-state index is 9.91. The van der Waals surface area contributed by atoms with E-state index in [1.54, 1.807) is 11.8 Å². The molecule has 0 radical (unpaired) electrons. The van der Waals surface area contributed by atoms with Gasteiger partial charge in [-0.15, -0.1) is 11.8 Å². The molecule has 0 fully saturated rings. The summed E-state index contributed by atoms with van der Waals surface area (Å²) in [7, 11) is 0. The summed E-state index contributed by atoms with van der Waals surface area (Å²) in [6.45, 7) is 6.95. The van der Waals surface area contributed by atoms with Crippen molar-refractivity contribution in [3.05, 3.63) is 24.3 Å². The number of hydrogen-bond donors (Lipinski definition) is 2. The highest BCUT2D eigenvalue weighted by Crippen LogP contribution is 2.20. The van der Waals surface area contributed by atoms with Crippen LogP contribution in [0.3, 0.4) is 0 Å². The zero-order valence-electron chi connectivity index (χ0n) is 10.6. The molecule has 3 nitrogen and oxygen atoms in total. The number of aliphatic hydroxyl groups is 1. The van der Waals surface area contributed by atoms with Crippen LogP contribution in [-0.2, 0) is 0 Å². The number of rotatable bonds is 7. The van der Waals surface area contributed by atoms with Crippen LogP contribution in [0.5, 0.6) is 0 Å². The Morgan fingerprint density at radius 2 is 1.82 bits per heavy atom. The van der Waals surface area contributed by atoms with E-state index in [-0.39, 0.29) is 6.10 Å². The molecule has 1 aromatic carbocycles. The van der Waals surface area contributed by atoms with Gasteiger partial charge in [-0.1, -0.05) is 13.8 Å². The molecule has 1 atom stereocenters. The van der Waals surface area contributed by atoms with Gasteiger partial charge in [0, 0.05) is 22.9 Å². The molecule has 4 heteroatoms. The van der Waals surface area contributed by atoms with Gasteiger partial charge in [-0.3, -0.25) is 0 Å². The van der Waals surface area contributed by atoms with Crippen LogP contribution >= 0.6 is 11.8 Å². The number of anilines is 1. The molecule has 0 saturated heterocycles. The number of nitrogens with zero attached hydrogens (tertiary/aromatic N) is 1. The fraction of sp³-hybridized carbons (Fsp3) is 0.538. The summed E-state index contributed by atoms with van der Waals surface area (Å²) in [5.74, 6) is 0.723. The average molecular weight is 254 g/mol. The molecule has 0 aliphatic heterocycles. The summed E-state index contributed by atoms with van der Waals surface area (Å²) >= 11 is 1.67. The Bertz CT molecular complexity index is 312. The van der Waals surface area contributed by atoms with Gasteiger partial charge in [-0.2, -0.15) is 0 Å². The van der Waals surface area contributed by atoms with Crippen molar-refractivity contribution in [2.24, 2.45) is 0 Å². The van der Waals surface area contributed by atoms with E-state index in [1.165, 1.54) is 0 Å². The minimum Gasteiger partial charge on any atom is -0.399 e. The lowest BCUT2D eigenvalue weighted by Crippen LogP contribution is -2.33. The summed E-state index contributed by atoms with van der Waals surface area (Å²) in [4.78, 5) is 3.38. The minimum atomic E-state index is -0.280. The van der Waals surface area contributed by atoms with E-state index in [9.17, 15) is 5.11 Å². The van der Waals surface area contributed by atoms with E-state index >= 15 is 0 Å². The van der Waals surface area contributed by atoms with E-state index in [0.717, 1.165) is 36.0 Å². The number of aliphatic hydroxyl groups excluding tert-OH is 1. The summed E-state index contributed by atoms with van der Waals surface area (Å²) in [5.41, 5.74) is 6.40. The van der Waals surface area contributed by atoms with Crippen LogP contribution in [0.2, 0.25) is 0 Å². The molecular weight excluding hydrogens is 232 g/mol.